The number of nitrogens with zero attached hydrogens (tertiary/aromatic N) is 3. The normalized spacial score (nSPS) is 36.5. The van der Waals surface area contributed by atoms with Crippen LogP contribution in [0.1, 0.15) is 54.7 Å². The van der Waals surface area contributed by atoms with Gasteiger partial charge in [-0.15, -0.1) is 11.3 Å². The number of ether oxygens (including phenoxy) is 2. The second kappa shape index (κ2) is 7.22. The molecule has 5 atom stereocenters. The van der Waals surface area contributed by atoms with Crippen LogP contribution < -0.4 is 9.47 Å². The lowest BCUT2D eigenvalue weighted by Crippen LogP contribution is -2.72. The number of likely N-dealkylation sites (tertiary alicyclic amines) is 1. The van der Waals surface area contributed by atoms with Crippen LogP contribution in [-0.2, 0) is 23.1 Å². The Morgan fingerprint density at radius 3 is 2.94 bits per heavy atom. The van der Waals surface area contributed by atoms with Gasteiger partial charge in [0.25, 0.3) is 0 Å². The van der Waals surface area contributed by atoms with E-state index in [-0.39, 0.29) is 28.9 Å². The quantitative estimate of drug-likeness (QED) is 0.637. The summed E-state index contributed by atoms with van der Waals surface area (Å²) in [4.78, 5) is 23.2. The minimum Gasteiger partial charge on any atom is -0.493 e. The van der Waals surface area contributed by atoms with Gasteiger partial charge in [0, 0.05) is 47.1 Å². The first-order valence-corrected chi connectivity index (χ1v) is 14.3. The third kappa shape index (κ3) is 2.64. The number of carbonyl (C=O) groups is 1. The number of carbonyl (C=O) groups excluding carboxylic acids is 1. The lowest BCUT2D eigenvalue weighted by Gasteiger charge is -2.66. The van der Waals surface area contributed by atoms with Gasteiger partial charge < -0.3 is 14.4 Å². The first-order valence-electron chi connectivity index (χ1n) is 13.4. The van der Waals surface area contributed by atoms with Gasteiger partial charge in [0.05, 0.1) is 19.6 Å². The van der Waals surface area contributed by atoms with Crippen molar-refractivity contribution in [2.45, 2.75) is 75.0 Å². The fourth-order valence-corrected chi connectivity index (χ4v) is 9.63. The van der Waals surface area contributed by atoms with Gasteiger partial charge in [-0.1, -0.05) is 6.07 Å². The molecule has 0 N–H and O–H groups in total. The van der Waals surface area contributed by atoms with Gasteiger partial charge in [-0.25, -0.2) is 4.98 Å². The lowest BCUT2D eigenvalue weighted by molar-refractivity contribution is -0.143. The summed E-state index contributed by atoms with van der Waals surface area (Å²) in [6, 6.07) is 5.10. The highest BCUT2D eigenvalue weighted by atomic mass is 32.1. The van der Waals surface area contributed by atoms with Crippen LogP contribution >= 0.6 is 11.3 Å². The predicted octanol–water partition coefficient (Wildman–Crippen LogP) is 3.81. The van der Waals surface area contributed by atoms with Crippen LogP contribution in [0.3, 0.4) is 0 Å². The predicted molar refractivity (Wildman–Crippen MR) is 133 cm³/mol. The third-order valence-electron chi connectivity index (χ3n) is 10.5. The molecule has 3 saturated heterocycles. The molecule has 7 aliphatic rings. The van der Waals surface area contributed by atoms with Crippen molar-refractivity contribution in [1.82, 2.24) is 14.8 Å². The van der Waals surface area contributed by atoms with Crippen molar-refractivity contribution < 1.29 is 14.3 Å². The van der Waals surface area contributed by atoms with E-state index < -0.39 is 0 Å². The number of aromatic nitrogens is 1. The molecule has 1 aromatic carbocycles. The fraction of sp³-hybridized carbons (Fsp3) is 0.643. The molecule has 0 unspecified atom stereocenters. The maximum Gasteiger partial charge on any atom is 0.229 e. The summed E-state index contributed by atoms with van der Waals surface area (Å²) in [5.41, 5.74) is 3.08. The van der Waals surface area contributed by atoms with E-state index in [9.17, 15) is 4.79 Å². The smallest absolute Gasteiger partial charge is 0.229 e. The standard InChI is InChI=1S/C28H33N3O3S/c1-33-20-5-4-18-14-21-27-7-6-19(31(12-8-27)23(32)15-22-29-10-13-35-22)26-28(27,24(18)25(20)34-26)9-11-30(21)16-17-2-3-17/h4-5,10,13,17,19,21,26H,2-3,6-9,11-12,14-16H2,1H3/t19-,21-,26+,27-,28+/m1/s1. The first-order chi connectivity index (χ1) is 17.1. The molecule has 35 heavy (non-hydrogen) atoms. The molecule has 4 bridgehead atoms. The molecule has 0 radical (unpaired) electrons. The van der Waals surface area contributed by atoms with Crippen molar-refractivity contribution in [2.24, 2.45) is 11.3 Å². The van der Waals surface area contributed by atoms with Gasteiger partial charge in [-0.3, -0.25) is 9.69 Å². The van der Waals surface area contributed by atoms with Gasteiger partial charge in [-0.05, 0) is 69.0 Å². The first kappa shape index (κ1) is 21.0. The van der Waals surface area contributed by atoms with Crippen molar-refractivity contribution in [3.05, 3.63) is 39.8 Å². The zero-order chi connectivity index (χ0) is 23.4. The van der Waals surface area contributed by atoms with Crippen molar-refractivity contribution >= 4 is 17.2 Å². The summed E-state index contributed by atoms with van der Waals surface area (Å²) < 4.78 is 12.8. The van der Waals surface area contributed by atoms with Crippen LogP contribution in [0.15, 0.2) is 23.7 Å². The largest absolute Gasteiger partial charge is 0.493 e. The Morgan fingerprint density at radius 1 is 1.23 bits per heavy atom. The molecule has 3 aliphatic carbocycles. The van der Waals surface area contributed by atoms with E-state index in [1.807, 2.05) is 5.38 Å². The Labute approximate surface area is 210 Å². The van der Waals surface area contributed by atoms with E-state index in [0.717, 1.165) is 61.2 Å². The van der Waals surface area contributed by atoms with Gasteiger partial charge in [-0.2, -0.15) is 0 Å². The number of methoxy groups -OCH3 is 1. The molecule has 1 aromatic heterocycles. The molecule has 9 rings (SSSR count). The molecular formula is C28H33N3O3S. The second-order valence-corrected chi connectivity index (χ2v) is 12.7. The van der Waals surface area contributed by atoms with Crippen LogP contribution in [0.5, 0.6) is 11.5 Å². The van der Waals surface area contributed by atoms with Crippen molar-refractivity contribution in [1.29, 1.82) is 0 Å². The van der Waals surface area contributed by atoms with Crippen LogP contribution in [0.25, 0.3) is 0 Å². The number of rotatable bonds is 5. The summed E-state index contributed by atoms with van der Waals surface area (Å²) in [5.74, 6) is 2.95. The number of hydrogen-bond acceptors (Lipinski definition) is 6. The molecule has 2 spiro atoms. The van der Waals surface area contributed by atoms with E-state index in [1.54, 1.807) is 24.6 Å². The highest BCUT2D eigenvalue weighted by Gasteiger charge is 2.74. The summed E-state index contributed by atoms with van der Waals surface area (Å²) in [6.07, 6.45) is 10.6. The highest BCUT2D eigenvalue weighted by molar-refractivity contribution is 7.09. The lowest BCUT2D eigenvalue weighted by atomic mass is 9.42. The van der Waals surface area contributed by atoms with Gasteiger partial charge in [0.15, 0.2) is 11.5 Å². The fourth-order valence-electron chi connectivity index (χ4n) is 9.02. The van der Waals surface area contributed by atoms with Crippen molar-refractivity contribution in [3.8, 4) is 11.5 Å². The Morgan fingerprint density at radius 2 is 2.14 bits per heavy atom. The average molecular weight is 492 g/mol. The van der Waals surface area contributed by atoms with E-state index in [2.05, 4.69) is 26.9 Å². The third-order valence-corrected chi connectivity index (χ3v) is 11.3. The zero-order valence-electron chi connectivity index (χ0n) is 20.4. The van der Waals surface area contributed by atoms with Gasteiger partial charge >= 0.3 is 0 Å². The Hall–Kier alpha value is -2.12. The van der Waals surface area contributed by atoms with Crippen LogP contribution in [0, 0.1) is 11.3 Å². The zero-order valence-corrected chi connectivity index (χ0v) is 21.2. The molecule has 4 aliphatic heterocycles. The summed E-state index contributed by atoms with van der Waals surface area (Å²) in [5, 5.41) is 2.88. The van der Waals surface area contributed by atoms with Crippen molar-refractivity contribution in [2.75, 3.05) is 26.7 Å². The number of benzene rings is 1. The molecular weight excluding hydrogens is 458 g/mol. The van der Waals surface area contributed by atoms with Gasteiger partial charge in [0.2, 0.25) is 5.91 Å². The second-order valence-electron chi connectivity index (χ2n) is 11.8. The minimum absolute atomic E-state index is 0.00565. The molecule has 6 nitrogen and oxygen atoms in total. The van der Waals surface area contributed by atoms with Crippen LogP contribution in [0.4, 0.5) is 0 Å². The van der Waals surface area contributed by atoms with E-state index >= 15 is 0 Å². The molecule has 184 valence electrons. The monoisotopic (exact) mass is 491 g/mol. The number of amides is 1. The van der Waals surface area contributed by atoms with Gasteiger partial charge in [0.1, 0.15) is 11.1 Å². The number of thiazole rings is 1. The topological polar surface area (TPSA) is 54.9 Å². The highest BCUT2D eigenvalue weighted by Crippen LogP contribution is 2.71. The Bertz CT molecular complexity index is 1200. The molecule has 5 fully saturated rings. The van der Waals surface area contributed by atoms with Crippen molar-refractivity contribution in [3.63, 3.8) is 0 Å². The van der Waals surface area contributed by atoms with Crippen LogP contribution in [-0.4, -0.2) is 65.6 Å². The SMILES string of the molecule is COc1ccc2c3c1O[C@H]1[C@H]4CC[C@@]5(CCN4C(=O)Cc4nccs4)[C@@H](C2)N(CC2CC2)CC[C@]315. The minimum atomic E-state index is -0.00565. The average Bonchev–Trinajstić information content (AvgIpc) is 3.49. The molecule has 2 aromatic rings. The molecule has 5 heterocycles. The number of fused-ring (bicyclic) bond motifs is 3. The van der Waals surface area contributed by atoms with E-state index in [0.29, 0.717) is 12.5 Å². The van der Waals surface area contributed by atoms with E-state index in [1.165, 1.54) is 36.9 Å². The molecule has 1 amide bonds. The summed E-state index contributed by atoms with van der Waals surface area (Å²) >= 11 is 1.58. The van der Waals surface area contributed by atoms with Crippen LogP contribution in [0.2, 0.25) is 0 Å². The number of piperidine rings is 1. The summed E-state index contributed by atoms with van der Waals surface area (Å²) in [6.45, 7) is 3.25. The Balaban J connectivity index is 1.27. The molecule has 7 heteroatoms. The maximum absolute atomic E-state index is 13.7. The molecule has 2 saturated carbocycles. The van der Waals surface area contributed by atoms with E-state index in [4.69, 9.17) is 9.47 Å². The Kier molecular flexibility index (Phi) is 4.34. The maximum atomic E-state index is 13.7. The summed E-state index contributed by atoms with van der Waals surface area (Å²) in [7, 11) is 1.76. The number of hydrogen-bond donors (Lipinski definition) is 0.